The minimum Gasteiger partial charge on any atom is -0.389 e. The zero-order valence-electron chi connectivity index (χ0n) is 9.83. The number of rotatable bonds is 5. The van der Waals surface area contributed by atoms with E-state index in [2.05, 4.69) is 11.2 Å². The molecule has 0 bridgehead atoms. The first-order valence-corrected chi connectivity index (χ1v) is 5.67. The van der Waals surface area contributed by atoms with Gasteiger partial charge < -0.3 is 10.4 Å². The third-order valence-corrected chi connectivity index (χ3v) is 2.90. The molecule has 0 aromatic rings. The van der Waals surface area contributed by atoms with Crippen molar-refractivity contribution in [1.29, 1.82) is 0 Å². The zero-order chi connectivity index (χ0) is 12.0. The fourth-order valence-electron chi connectivity index (χ4n) is 2.20. The van der Waals surface area contributed by atoms with Gasteiger partial charge in [-0.1, -0.05) is 18.8 Å². The highest BCUT2D eigenvalue weighted by Gasteiger charge is 2.32. The molecular formula is C12H20N2O2. The molecule has 0 aliphatic heterocycles. The van der Waals surface area contributed by atoms with Crippen LogP contribution in [-0.2, 0) is 4.79 Å². The van der Waals surface area contributed by atoms with Crippen molar-refractivity contribution >= 4 is 5.91 Å². The van der Waals surface area contributed by atoms with Crippen LogP contribution < -0.4 is 5.32 Å². The Morgan fingerprint density at radius 1 is 1.56 bits per heavy atom. The average molecular weight is 224 g/mol. The van der Waals surface area contributed by atoms with E-state index in [0.717, 1.165) is 25.7 Å². The summed E-state index contributed by atoms with van der Waals surface area (Å²) < 4.78 is 0. The van der Waals surface area contributed by atoms with Crippen molar-refractivity contribution in [3.63, 3.8) is 0 Å². The molecule has 0 radical (unpaired) electrons. The Kier molecular flexibility index (Phi) is 4.78. The molecule has 2 N–H and O–H groups in total. The molecule has 0 unspecified atom stereocenters. The molecular weight excluding hydrogens is 204 g/mol. The van der Waals surface area contributed by atoms with Gasteiger partial charge >= 0.3 is 0 Å². The second kappa shape index (κ2) is 5.88. The Morgan fingerprint density at radius 3 is 2.75 bits per heavy atom. The normalized spacial score (nSPS) is 18.4. The van der Waals surface area contributed by atoms with Gasteiger partial charge in [0, 0.05) is 6.54 Å². The molecule has 1 amide bonds. The summed E-state index contributed by atoms with van der Waals surface area (Å²) in [5.74, 6) is 2.26. The molecule has 0 atom stereocenters. The van der Waals surface area contributed by atoms with E-state index in [1.807, 2.05) is 11.9 Å². The van der Waals surface area contributed by atoms with Gasteiger partial charge in [-0.15, -0.1) is 6.42 Å². The van der Waals surface area contributed by atoms with Gasteiger partial charge in [0.1, 0.15) is 0 Å². The minimum absolute atomic E-state index is 0.0953. The van der Waals surface area contributed by atoms with Crippen molar-refractivity contribution in [2.45, 2.75) is 31.3 Å². The van der Waals surface area contributed by atoms with E-state index in [1.165, 1.54) is 0 Å². The lowest BCUT2D eigenvalue weighted by Crippen LogP contribution is -2.43. The lowest BCUT2D eigenvalue weighted by molar-refractivity contribution is -0.122. The number of carbonyl (C=O) groups excluding carboxylic acids is 1. The highest BCUT2D eigenvalue weighted by molar-refractivity contribution is 5.78. The predicted octanol–water partition coefficient (Wildman–Crippen LogP) is -0.0273. The van der Waals surface area contributed by atoms with E-state index >= 15 is 0 Å². The van der Waals surface area contributed by atoms with Crippen LogP contribution in [0.5, 0.6) is 0 Å². The average Bonchev–Trinajstić information content (AvgIpc) is 2.61. The van der Waals surface area contributed by atoms with Crippen molar-refractivity contribution in [2.24, 2.45) is 0 Å². The topological polar surface area (TPSA) is 52.6 Å². The van der Waals surface area contributed by atoms with E-state index in [1.54, 1.807) is 0 Å². The largest absolute Gasteiger partial charge is 0.389 e. The summed E-state index contributed by atoms with van der Waals surface area (Å²) in [6, 6.07) is 0. The second-order valence-electron chi connectivity index (χ2n) is 4.58. The quantitative estimate of drug-likeness (QED) is 0.645. The first-order valence-electron chi connectivity index (χ1n) is 5.67. The van der Waals surface area contributed by atoms with E-state index < -0.39 is 5.60 Å². The van der Waals surface area contributed by atoms with Crippen molar-refractivity contribution in [3.05, 3.63) is 0 Å². The zero-order valence-corrected chi connectivity index (χ0v) is 9.83. The Labute approximate surface area is 97.0 Å². The molecule has 16 heavy (non-hydrogen) atoms. The van der Waals surface area contributed by atoms with E-state index in [-0.39, 0.29) is 19.0 Å². The summed E-state index contributed by atoms with van der Waals surface area (Å²) in [5, 5.41) is 12.7. The maximum absolute atomic E-state index is 11.4. The van der Waals surface area contributed by atoms with Gasteiger partial charge in [0.25, 0.3) is 0 Å². The molecule has 1 saturated carbocycles. The van der Waals surface area contributed by atoms with Gasteiger partial charge in [0.15, 0.2) is 0 Å². The number of carbonyl (C=O) groups is 1. The summed E-state index contributed by atoms with van der Waals surface area (Å²) >= 11 is 0. The van der Waals surface area contributed by atoms with Gasteiger partial charge in [-0.3, -0.25) is 9.69 Å². The summed E-state index contributed by atoms with van der Waals surface area (Å²) in [5.41, 5.74) is -0.596. The minimum atomic E-state index is -0.596. The summed E-state index contributed by atoms with van der Waals surface area (Å²) in [7, 11) is 1.84. The number of nitrogens with one attached hydrogen (secondary N) is 1. The van der Waals surface area contributed by atoms with E-state index in [4.69, 9.17) is 6.42 Å². The molecule has 4 nitrogen and oxygen atoms in total. The Hall–Kier alpha value is -1.05. The lowest BCUT2D eigenvalue weighted by Gasteiger charge is -2.28. The van der Waals surface area contributed by atoms with Crippen LogP contribution in [-0.4, -0.2) is 48.2 Å². The van der Waals surface area contributed by atoms with Crippen molar-refractivity contribution in [3.8, 4) is 12.3 Å². The van der Waals surface area contributed by atoms with Crippen molar-refractivity contribution in [1.82, 2.24) is 10.2 Å². The number of hydrogen-bond acceptors (Lipinski definition) is 3. The molecule has 1 rings (SSSR count). The summed E-state index contributed by atoms with van der Waals surface area (Å²) in [4.78, 5) is 13.2. The van der Waals surface area contributed by atoms with Crippen LogP contribution in [0.1, 0.15) is 25.7 Å². The highest BCUT2D eigenvalue weighted by atomic mass is 16.3. The number of aliphatic hydroxyl groups is 1. The van der Waals surface area contributed by atoms with Crippen LogP contribution in [0.4, 0.5) is 0 Å². The second-order valence-corrected chi connectivity index (χ2v) is 4.58. The summed E-state index contributed by atoms with van der Waals surface area (Å²) in [6.07, 6.45) is 8.87. The number of amides is 1. The van der Waals surface area contributed by atoms with Gasteiger partial charge in [-0.05, 0) is 19.9 Å². The van der Waals surface area contributed by atoms with Crippen LogP contribution >= 0.6 is 0 Å². The summed E-state index contributed by atoms with van der Waals surface area (Å²) in [6.45, 7) is 1.09. The van der Waals surface area contributed by atoms with Crippen LogP contribution in [0.15, 0.2) is 0 Å². The molecule has 4 heteroatoms. The van der Waals surface area contributed by atoms with E-state index in [0.29, 0.717) is 6.54 Å². The molecule has 0 aromatic carbocycles. The first kappa shape index (κ1) is 13.0. The monoisotopic (exact) mass is 224 g/mol. The number of terminal acetylenes is 1. The number of hydrogen-bond donors (Lipinski definition) is 2. The first-order chi connectivity index (χ1) is 7.56. The number of nitrogens with zero attached hydrogens (tertiary/aromatic N) is 1. The van der Waals surface area contributed by atoms with Crippen LogP contribution in [0.25, 0.3) is 0 Å². The van der Waals surface area contributed by atoms with Crippen LogP contribution in [0.3, 0.4) is 0 Å². The molecule has 0 saturated heterocycles. The van der Waals surface area contributed by atoms with E-state index in [9.17, 15) is 9.90 Å². The molecule has 1 aliphatic rings. The van der Waals surface area contributed by atoms with Gasteiger partial charge in [-0.25, -0.2) is 0 Å². The Balaban J connectivity index is 2.27. The molecule has 0 spiro atoms. The fourth-order valence-corrected chi connectivity index (χ4v) is 2.20. The SMILES string of the molecule is C#CCNC(=O)CN(C)CC1(O)CCCC1. The lowest BCUT2D eigenvalue weighted by atomic mass is 10.0. The highest BCUT2D eigenvalue weighted by Crippen LogP contribution is 2.29. The molecule has 90 valence electrons. The van der Waals surface area contributed by atoms with Crippen molar-refractivity contribution in [2.75, 3.05) is 26.7 Å². The molecule has 0 heterocycles. The van der Waals surface area contributed by atoms with Crippen molar-refractivity contribution < 1.29 is 9.90 Å². The standard InChI is InChI=1S/C12H20N2O2/c1-3-8-13-11(15)9-14(2)10-12(16)6-4-5-7-12/h1,16H,4-10H2,2H3,(H,13,15). The maximum atomic E-state index is 11.4. The fraction of sp³-hybridized carbons (Fsp3) is 0.750. The van der Waals surface area contributed by atoms with Crippen LogP contribution in [0, 0.1) is 12.3 Å². The van der Waals surface area contributed by atoms with Gasteiger partial charge in [0.2, 0.25) is 5.91 Å². The maximum Gasteiger partial charge on any atom is 0.234 e. The third-order valence-electron chi connectivity index (χ3n) is 2.90. The molecule has 1 aliphatic carbocycles. The number of likely N-dealkylation sites (N-methyl/N-ethyl adjacent to an activating group) is 1. The third kappa shape index (κ3) is 4.21. The predicted molar refractivity (Wildman–Crippen MR) is 62.8 cm³/mol. The van der Waals surface area contributed by atoms with Gasteiger partial charge in [-0.2, -0.15) is 0 Å². The Bertz CT molecular complexity index is 277. The Morgan fingerprint density at radius 2 is 2.19 bits per heavy atom. The van der Waals surface area contributed by atoms with Crippen LogP contribution in [0.2, 0.25) is 0 Å². The smallest absolute Gasteiger partial charge is 0.234 e. The molecule has 0 aromatic heterocycles. The molecule has 1 fully saturated rings. The van der Waals surface area contributed by atoms with Gasteiger partial charge in [0.05, 0.1) is 18.7 Å².